The second-order valence-electron chi connectivity index (χ2n) is 35.4. The van der Waals surface area contributed by atoms with Crippen LogP contribution in [0.3, 0.4) is 0 Å². The standard InChI is InChI=1S/C83H129N17O19/c1-21-82(18,96-71(115)79(12,13)94-70(114)78(10,11)93-68(112)76(6,7)91-64(108)56(86-49(5)102)43-51-33-27-24-28-34-51)72(116)85-45-61(105)88-55(41-48(3)4)63(107)90-77(8,9)69(113)95-80(14,15)73(117)100-46-53(103)44-59(100)66(110)89-54(37-38-60(84)104)62(106)92-83(19,22-2)75(119)99-40-30-36-58(99)67(111)97(20)81(16,17)74(118)98-39-29-35-57(98)65(109)87-52(47-101)42-50-31-25-23-26-32-50/h23-28,31-34,48,52-59,101,103H,21-22,29-30,35-47H2,1-20H3,(H2,84,104)(H,85,116)(H,86,102)(H,87,109)(H,88,105)(H,89,110)(H,90,107)(H,91,108)(H,92,106)(H,93,112)(H,94,114)(H,95,113)(H,96,115). The Bertz CT molecular complexity index is 4080. The number of nitrogens with zero attached hydrogens (tertiary/aromatic N) is 4. The van der Waals surface area contributed by atoms with Gasteiger partial charge in [-0.2, -0.15) is 0 Å². The lowest BCUT2D eigenvalue weighted by Gasteiger charge is -2.42. The minimum Gasteiger partial charge on any atom is -0.394 e. The maximum absolute atomic E-state index is 14.9. The molecule has 36 heteroatoms. The van der Waals surface area contributed by atoms with E-state index in [-0.39, 0.29) is 64.1 Å². The van der Waals surface area contributed by atoms with Gasteiger partial charge in [0, 0.05) is 52.9 Å². The summed E-state index contributed by atoms with van der Waals surface area (Å²) in [5.74, 6) is -13.2. The van der Waals surface area contributed by atoms with Crippen molar-refractivity contribution in [3.8, 4) is 0 Å². The molecule has 3 fully saturated rings. The number of nitrogens with two attached hydrogens (primary N) is 1. The van der Waals surface area contributed by atoms with E-state index in [4.69, 9.17) is 5.73 Å². The molecule has 3 heterocycles. The van der Waals surface area contributed by atoms with Gasteiger partial charge in [0.25, 0.3) is 0 Å². The van der Waals surface area contributed by atoms with Gasteiger partial charge in [-0.25, -0.2) is 0 Å². The maximum Gasteiger partial charge on any atom is 0.248 e. The molecular formula is C83H129N17O19. The molecule has 3 aliphatic heterocycles. The number of rotatable bonds is 40. The highest BCUT2D eigenvalue weighted by Gasteiger charge is 2.52. The number of β-amino-alcohol motifs (C(OH)–C–C–N with tert-alkyl or cyclic N) is 1. The number of primary amides is 1. The molecular weight excluding hydrogens is 1540 g/mol. The topological polar surface area (TPSA) is 514 Å². The molecule has 0 radical (unpaired) electrons. The van der Waals surface area contributed by atoms with Crippen molar-refractivity contribution < 1.29 is 91.7 Å². The molecule has 3 saturated heterocycles. The summed E-state index contributed by atoms with van der Waals surface area (Å²) in [5.41, 5.74) is -6.64. The van der Waals surface area contributed by atoms with Gasteiger partial charge in [-0.15, -0.1) is 0 Å². The van der Waals surface area contributed by atoms with Gasteiger partial charge in [0.05, 0.1) is 25.3 Å². The molecule has 10 atom stereocenters. The molecule has 0 bridgehead atoms. The third kappa shape index (κ3) is 26.4. The average molecular weight is 1670 g/mol. The summed E-state index contributed by atoms with van der Waals surface area (Å²) in [5, 5.41) is 52.8. The third-order valence-electron chi connectivity index (χ3n) is 22.2. The van der Waals surface area contributed by atoms with Crippen LogP contribution in [0.2, 0.25) is 0 Å². The molecule has 16 N–H and O–H groups in total. The quantitative estimate of drug-likeness (QED) is 0.0383. The first-order valence-electron chi connectivity index (χ1n) is 40.6. The predicted molar refractivity (Wildman–Crippen MR) is 439 cm³/mol. The molecule has 2 aromatic rings. The zero-order valence-electron chi connectivity index (χ0n) is 72.7. The van der Waals surface area contributed by atoms with Gasteiger partial charge < -0.3 is 99.3 Å². The summed E-state index contributed by atoms with van der Waals surface area (Å²) in [6.07, 6.45) is -0.690. The number of carbonyl (C=O) groups excluding carboxylic acids is 17. The van der Waals surface area contributed by atoms with Crippen molar-refractivity contribution in [1.82, 2.24) is 83.4 Å². The molecule has 2 aromatic carbocycles. The molecule has 17 amide bonds. The Hall–Kier alpha value is -10.7. The van der Waals surface area contributed by atoms with Crippen molar-refractivity contribution in [2.45, 2.75) is 301 Å². The second kappa shape index (κ2) is 40.9. The van der Waals surface area contributed by atoms with Gasteiger partial charge in [-0.3, -0.25) is 81.5 Å². The van der Waals surface area contributed by atoms with Gasteiger partial charge in [0.1, 0.15) is 80.6 Å². The number of nitrogens with one attached hydrogen (secondary N) is 12. The first-order valence-corrected chi connectivity index (χ1v) is 40.6. The summed E-state index contributed by atoms with van der Waals surface area (Å²) >= 11 is 0. The van der Waals surface area contributed by atoms with Crippen LogP contribution in [-0.2, 0) is 94.3 Å². The molecule has 0 aliphatic carbocycles. The number of hydrogen-bond acceptors (Lipinski definition) is 19. The lowest BCUT2D eigenvalue weighted by Crippen LogP contribution is -2.68. The lowest BCUT2D eigenvalue weighted by atomic mass is 9.93. The number of amides is 17. The summed E-state index contributed by atoms with van der Waals surface area (Å²) in [6.45, 7) is 26.2. The second-order valence-corrected chi connectivity index (χ2v) is 35.4. The summed E-state index contributed by atoms with van der Waals surface area (Å²) in [6, 6.07) is 10.1. The molecule has 5 rings (SSSR count). The van der Waals surface area contributed by atoms with E-state index in [0.717, 1.165) is 16.0 Å². The van der Waals surface area contributed by atoms with Crippen LogP contribution in [0, 0.1) is 5.92 Å². The molecule has 119 heavy (non-hydrogen) atoms. The predicted octanol–water partition coefficient (Wildman–Crippen LogP) is -0.924. The molecule has 0 spiro atoms. The van der Waals surface area contributed by atoms with Crippen molar-refractivity contribution in [3.05, 3.63) is 71.8 Å². The minimum absolute atomic E-state index is 0.0174. The normalized spacial score (nSPS) is 18.5. The van der Waals surface area contributed by atoms with Crippen LogP contribution in [-0.4, -0.2) is 263 Å². The Morgan fingerprint density at radius 2 is 0.958 bits per heavy atom. The Kier molecular flexibility index (Phi) is 34.0. The molecule has 36 nitrogen and oxygen atoms in total. The van der Waals surface area contributed by atoms with E-state index in [9.17, 15) is 91.7 Å². The van der Waals surface area contributed by atoms with Crippen LogP contribution in [0.25, 0.3) is 0 Å². The fourth-order valence-electron chi connectivity index (χ4n) is 14.1. The van der Waals surface area contributed by atoms with E-state index >= 15 is 0 Å². The molecule has 0 aromatic heterocycles. The Morgan fingerprint density at radius 1 is 0.504 bits per heavy atom. The number of likely N-dealkylation sites (tertiary alicyclic amines) is 3. The fourth-order valence-corrected chi connectivity index (χ4v) is 14.1. The summed E-state index contributed by atoms with van der Waals surface area (Å²) in [4.78, 5) is 242. The number of aliphatic hydroxyl groups excluding tert-OH is 2. The highest BCUT2D eigenvalue weighted by atomic mass is 16.3. The van der Waals surface area contributed by atoms with Crippen LogP contribution in [0.15, 0.2) is 60.7 Å². The lowest BCUT2D eigenvalue weighted by molar-refractivity contribution is -0.157. The number of benzene rings is 2. The molecule has 660 valence electrons. The Morgan fingerprint density at radius 3 is 1.45 bits per heavy atom. The van der Waals surface area contributed by atoms with E-state index in [1.165, 1.54) is 112 Å². The average Bonchev–Trinajstić information content (AvgIpc) is 1.72. The smallest absolute Gasteiger partial charge is 0.248 e. The van der Waals surface area contributed by atoms with E-state index in [0.29, 0.717) is 25.7 Å². The minimum atomic E-state index is -1.89. The largest absolute Gasteiger partial charge is 0.394 e. The maximum atomic E-state index is 14.9. The Labute approximate surface area is 697 Å². The van der Waals surface area contributed by atoms with E-state index in [1.807, 2.05) is 30.3 Å². The molecule has 3 aliphatic rings. The summed E-state index contributed by atoms with van der Waals surface area (Å²) < 4.78 is 0. The van der Waals surface area contributed by atoms with Crippen LogP contribution in [0.4, 0.5) is 0 Å². The monoisotopic (exact) mass is 1670 g/mol. The van der Waals surface area contributed by atoms with Crippen molar-refractivity contribution in [2.75, 3.05) is 39.8 Å². The fraction of sp³-hybridized carbons (Fsp3) is 0.651. The van der Waals surface area contributed by atoms with Crippen LogP contribution >= 0.6 is 0 Å². The zero-order valence-corrected chi connectivity index (χ0v) is 72.7. The van der Waals surface area contributed by atoms with E-state index < -0.39 is 219 Å². The Balaban J connectivity index is 1.18. The van der Waals surface area contributed by atoms with Gasteiger partial charge in [-0.05, 0) is 172 Å². The number of likely N-dealkylation sites (N-methyl/N-ethyl adjacent to an activating group) is 1. The highest BCUT2D eigenvalue weighted by Crippen LogP contribution is 2.31. The van der Waals surface area contributed by atoms with Gasteiger partial charge >= 0.3 is 0 Å². The van der Waals surface area contributed by atoms with Crippen molar-refractivity contribution in [3.63, 3.8) is 0 Å². The van der Waals surface area contributed by atoms with E-state index in [1.54, 1.807) is 71.9 Å². The third-order valence-corrected chi connectivity index (χ3v) is 22.2. The molecule has 0 saturated carbocycles. The van der Waals surface area contributed by atoms with Crippen LogP contribution < -0.4 is 69.5 Å². The summed E-state index contributed by atoms with van der Waals surface area (Å²) in [7, 11) is 1.44. The number of aliphatic hydroxyl groups is 2. The first-order chi connectivity index (χ1) is 55.0. The zero-order chi connectivity index (χ0) is 90.1. The van der Waals surface area contributed by atoms with Crippen molar-refractivity contribution in [1.29, 1.82) is 0 Å². The molecule has 10 unspecified atom stereocenters. The van der Waals surface area contributed by atoms with Crippen LogP contribution in [0.1, 0.15) is 207 Å². The van der Waals surface area contributed by atoms with Gasteiger partial charge in [0.2, 0.25) is 100 Å². The van der Waals surface area contributed by atoms with Crippen molar-refractivity contribution in [2.24, 2.45) is 11.7 Å². The number of carbonyl (C=O) groups is 17. The first kappa shape index (κ1) is 98.9. The highest BCUT2D eigenvalue weighted by molar-refractivity contribution is 6.04. The van der Waals surface area contributed by atoms with Gasteiger partial charge in [0.15, 0.2) is 0 Å². The SMILES string of the molecule is CCC(C)(NC(=O)C(C)(C)NC(=O)C(C)(C)NC(=O)C(C)(C)NC(=O)C(Cc1ccccc1)NC(C)=O)C(=O)NCC(=O)NC(CC(C)C)C(=O)NC(C)(C)C(=O)NC(C)(C)C(=O)N1CC(O)CC1C(=O)NC(CCC(N)=O)C(=O)NC(C)(CC)C(=O)N1CCCC1C(=O)N(C)C(C)(C)C(=O)N1CCCC1C(=O)NC(CO)Cc1ccccc1. The van der Waals surface area contributed by atoms with E-state index in [2.05, 4.69) is 63.8 Å². The number of hydrogen-bond donors (Lipinski definition) is 15. The van der Waals surface area contributed by atoms with Crippen molar-refractivity contribution >= 4 is 100 Å². The van der Waals surface area contributed by atoms with Crippen LogP contribution in [0.5, 0.6) is 0 Å². The van der Waals surface area contributed by atoms with Gasteiger partial charge in [-0.1, -0.05) is 88.4 Å².